The van der Waals surface area contributed by atoms with Gasteiger partial charge in [-0.15, -0.1) is 0 Å². The number of halogens is 1. The normalized spacial score (nSPS) is 10.9. The highest BCUT2D eigenvalue weighted by atomic mass is 35.5. The van der Waals surface area contributed by atoms with Crippen molar-refractivity contribution in [3.8, 4) is 0 Å². The molecule has 0 radical (unpaired) electrons. The van der Waals surface area contributed by atoms with Crippen LogP contribution in [0.2, 0.25) is 0 Å². The van der Waals surface area contributed by atoms with E-state index in [0.717, 1.165) is 0 Å². The number of nitrogens with zero attached hydrogens (tertiary/aromatic N) is 1. The lowest BCUT2D eigenvalue weighted by atomic mass is 10.2. The van der Waals surface area contributed by atoms with Crippen LogP contribution in [0.5, 0.6) is 0 Å². The number of aliphatic hydroxyl groups excluding tert-OH is 1. The lowest BCUT2D eigenvalue weighted by molar-refractivity contribution is -0.112. The van der Waals surface area contributed by atoms with Gasteiger partial charge in [-0.2, -0.15) is 4.99 Å². The van der Waals surface area contributed by atoms with Crippen molar-refractivity contribution in [1.82, 2.24) is 0 Å². The molecule has 0 bridgehead atoms. The van der Waals surface area contributed by atoms with Crippen LogP contribution in [0.1, 0.15) is 20.8 Å². The number of hydrogen-bond acceptors (Lipinski definition) is 4. The first-order valence-electron chi connectivity index (χ1n) is 3.82. The maximum atomic E-state index is 10.0. The van der Waals surface area contributed by atoms with Crippen LogP contribution in [0.4, 0.5) is 0 Å². The molecule has 4 nitrogen and oxygen atoms in total. The second-order valence-corrected chi connectivity index (χ2v) is 3.15. The Kier molecular flexibility index (Phi) is 10.7. The van der Waals surface area contributed by atoms with Crippen molar-refractivity contribution in [2.45, 2.75) is 26.8 Å². The molecule has 76 valence electrons. The topological polar surface area (TPSA) is 66.7 Å². The molecule has 1 N–H and O–H groups in total. The summed E-state index contributed by atoms with van der Waals surface area (Å²) < 4.78 is 0. The number of aliphatic imine (C=N–C) groups is 1. The third-order valence-electron chi connectivity index (χ3n) is 0.940. The molecule has 0 rings (SSSR count). The standard InChI is InChI=1S/C4H4ClNO2.C4H10O/c1-3(4(5)8)6-2-7;1-4(2)3-5/h3H,1H3;4-5H,3H2,1-2H3. The average molecular weight is 208 g/mol. The van der Waals surface area contributed by atoms with Gasteiger partial charge in [0.05, 0.1) is 0 Å². The van der Waals surface area contributed by atoms with Gasteiger partial charge in [0.2, 0.25) is 11.3 Å². The lowest BCUT2D eigenvalue weighted by Crippen LogP contribution is -2.05. The van der Waals surface area contributed by atoms with Crippen LogP contribution in [0.15, 0.2) is 4.99 Å². The van der Waals surface area contributed by atoms with E-state index in [1.807, 2.05) is 13.8 Å². The second-order valence-electron chi connectivity index (χ2n) is 2.78. The van der Waals surface area contributed by atoms with E-state index in [9.17, 15) is 9.59 Å². The summed E-state index contributed by atoms with van der Waals surface area (Å²) in [5.74, 6) is 0.440. The monoisotopic (exact) mass is 207 g/mol. The van der Waals surface area contributed by atoms with Crippen LogP contribution < -0.4 is 0 Å². The molecular formula is C8H14ClNO3. The van der Waals surface area contributed by atoms with Gasteiger partial charge in [-0.1, -0.05) is 13.8 Å². The van der Waals surface area contributed by atoms with Crippen LogP contribution in [0, 0.1) is 5.92 Å². The van der Waals surface area contributed by atoms with E-state index in [2.05, 4.69) is 4.99 Å². The largest absolute Gasteiger partial charge is 0.396 e. The average Bonchev–Trinajstić information content (AvgIpc) is 2.06. The van der Waals surface area contributed by atoms with E-state index < -0.39 is 11.3 Å². The smallest absolute Gasteiger partial charge is 0.246 e. The van der Waals surface area contributed by atoms with E-state index >= 15 is 0 Å². The molecule has 0 saturated heterocycles. The number of hydrogen-bond donors (Lipinski definition) is 1. The van der Waals surface area contributed by atoms with Gasteiger partial charge in [-0.25, -0.2) is 4.79 Å². The van der Waals surface area contributed by atoms with Gasteiger partial charge >= 0.3 is 0 Å². The van der Waals surface area contributed by atoms with E-state index in [1.54, 1.807) is 0 Å². The third kappa shape index (κ3) is 14.2. The fraction of sp³-hybridized carbons (Fsp3) is 0.750. The van der Waals surface area contributed by atoms with Crippen molar-refractivity contribution in [1.29, 1.82) is 0 Å². The number of isocyanates is 1. The predicted octanol–water partition coefficient (Wildman–Crippen LogP) is 1.11. The Bertz CT molecular complexity index is 186. The molecule has 13 heavy (non-hydrogen) atoms. The molecule has 0 aliphatic heterocycles. The minimum Gasteiger partial charge on any atom is -0.396 e. The van der Waals surface area contributed by atoms with E-state index in [0.29, 0.717) is 12.5 Å². The summed E-state index contributed by atoms with van der Waals surface area (Å²) in [5.41, 5.74) is 0. The fourth-order valence-corrected chi connectivity index (χ4v) is 0.179. The molecule has 0 fully saturated rings. The summed E-state index contributed by atoms with van der Waals surface area (Å²) in [7, 11) is 0. The van der Waals surface area contributed by atoms with Crippen LogP contribution in [0.25, 0.3) is 0 Å². The number of aliphatic hydroxyl groups is 1. The molecule has 0 aromatic carbocycles. The van der Waals surface area contributed by atoms with Gasteiger partial charge in [0.15, 0.2) is 0 Å². The van der Waals surface area contributed by atoms with Crippen LogP contribution in [-0.4, -0.2) is 29.1 Å². The Labute approximate surface area is 82.6 Å². The van der Waals surface area contributed by atoms with Crippen molar-refractivity contribution in [3.05, 3.63) is 0 Å². The quantitative estimate of drug-likeness (QED) is 0.428. The van der Waals surface area contributed by atoms with Crippen LogP contribution in [0.3, 0.4) is 0 Å². The van der Waals surface area contributed by atoms with Crippen molar-refractivity contribution >= 4 is 22.9 Å². The first-order chi connectivity index (χ1) is 5.95. The second kappa shape index (κ2) is 9.39. The Morgan fingerprint density at radius 1 is 1.54 bits per heavy atom. The molecule has 0 aliphatic rings. The molecule has 0 spiro atoms. The van der Waals surface area contributed by atoms with Gasteiger partial charge in [-0.3, -0.25) is 4.79 Å². The first-order valence-corrected chi connectivity index (χ1v) is 4.20. The maximum absolute atomic E-state index is 10.0. The molecule has 1 unspecified atom stereocenters. The molecule has 1 atom stereocenters. The Hall–Kier alpha value is -0.700. The van der Waals surface area contributed by atoms with E-state index in [-0.39, 0.29) is 0 Å². The first kappa shape index (κ1) is 14.8. The zero-order valence-corrected chi connectivity index (χ0v) is 8.71. The van der Waals surface area contributed by atoms with Gasteiger partial charge in [-0.05, 0) is 24.4 Å². The van der Waals surface area contributed by atoms with Crippen molar-refractivity contribution in [2.75, 3.05) is 6.61 Å². The number of carbonyl (C=O) groups excluding carboxylic acids is 2. The summed E-state index contributed by atoms with van der Waals surface area (Å²) in [6.07, 6.45) is 1.22. The highest BCUT2D eigenvalue weighted by Gasteiger charge is 2.05. The third-order valence-corrected chi connectivity index (χ3v) is 1.26. The van der Waals surface area contributed by atoms with Crippen LogP contribution >= 0.6 is 11.6 Å². The summed E-state index contributed by atoms with van der Waals surface area (Å²) >= 11 is 4.90. The predicted molar refractivity (Wildman–Crippen MR) is 50.4 cm³/mol. The Morgan fingerprint density at radius 3 is 2.00 bits per heavy atom. The molecule has 0 heterocycles. The zero-order chi connectivity index (χ0) is 10.9. The van der Waals surface area contributed by atoms with Crippen LogP contribution in [-0.2, 0) is 9.59 Å². The highest BCUT2D eigenvalue weighted by Crippen LogP contribution is 1.92. The number of rotatable bonds is 3. The van der Waals surface area contributed by atoms with E-state index in [4.69, 9.17) is 16.7 Å². The molecule has 0 aromatic heterocycles. The minimum absolute atomic E-state index is 0.306. The minimum atomic E-state index is -0.755. The molecule has 0 amide bonds. The molecule has 0 saturated carbocycles. The molecule has 5 heteroatoms. The highest BCUT2D eigenvalue weighted by molar-refractivity contribution is 6.64. The molecular weight excluding hydrogens is 194 g/mol. The van der Waals surface area contributed by atoms with Crippen molar-refractivity contribution in [3.63, 3.8) is 0 Å². The van der Waals surface area contributed by atoms with Gasteiger partial charge in [0.25, 0.3) is 0 Å². The summed E-state index contributed by atoms with van der Waals surface area (Å²) in [4.78, 5) is 22.5. The maximum Gasteiger partial charge on any atom is 0.246 e. The summed E-state index contributed by atoms with van der Waals surface area (Å²) in [6, 6.07) is -0.755. The summed E-state index contributed by atoms with van der Waals surface area (Å²) in [5, 5.41) is 7.50. The lowest BCUT2D eigenvalue weighted by Gasteiger charge is -1.90. The fourth-order valence-electron chi connectivity index (χ4n) is 0.130. The molecule has 0 aromatic rings. The SMILES string of the molecule is CC(C)CO.CC(N=C=O)C(=O)Cl. The summed E-state index contributed by atoms with van der Waals surface area (Å²) in [6.45, 7) is 5.67. The van der Waals surface area contributed by atoms with Crippen molar-refractivity contribution < 1.29 is 14.7 Å². The zero-order valence-electron chi connectivity index (χ0n) is 7.95. The Morgan fingerprint density at radius 2 is 1.92 bits per heavy atom. The number of carbonyl (C=O) groups is 1. The van der Waals surface area contributed by atoms with E-state index in [1.165, 1.54) is 13.0 Å². The molecule has 0 aliphatic carbocycles. The van der Waals surface area contributed by atoms with Gasteiger partial charge in [0.1, 0.15) is 6.04 Å². The van der Waals surface area contributed by atoms with Gasteiger partial charge < -0.3 is 5.11 Å². The Balaban J connectivity index is 0. The van der Waals surface area contributed by atoms with Gasteiger partial charge in [0, 0.05) is 6.61 Å². The van der Waals surface area contributed by atoms with Crippen molar-refractivity contribution in [2.24, 2.45) is 10.9 Å².